The second kappa shape index (κ2) is 8.55. The van der Waals surface area contributed by atoms with Crippen molar-refractivity contribution in [3.63, 3.8) is 0 Å². The van der Waals surface area contributed by atoms with Gasteiger partial charge in [-0.15, -0.1) is 0 Å². The van der Waals surface area contributed by atoms with Crippen molar-refractivity contribution >= 4 is 0 Å². The molecular weight excluding hydrogens is 268 g/mol. The van der Waals surface area contributed by atoms with E-state index in [-0.39, 0.29) is 5.92 Å². The summed E-state index contributed by atoms with van der Waals surface area (Å²) in [4.78, 5) is 0. The van der Waals surface area contributed by atoms with Crippen LogP contribution >= 0.6 is 0 Å². The molecule has 4 heteroatoms. The Bertz CT molecular complexity index is 405. The van der Waals surface area contributed by atoms with Crippen molar-refractivity contribution in [2.75, 3.05) is 7.11 Å². The fourth-order valence-electron chi connectivity index (χ4n) is 2.45. The summed E-state index contributed by atoms with van der Waals surface area (Å²) in [5.41, 5.74) is 0.374. The van der Waals surface area contributed by atoms with Crippen molar-refractivity contribution in [1.29, 1.82) is 0 Å². The van der Waals surface area contributed by atoms with Gasteiger partial charge in [-0.05, 0) is 18.4 Å². The van der Waals surface area contributed by atoms with Crippen LogP contribution in [-0.2, 0) is 4.74 Å². The summed E-state index contributed by atoms with van der Waals surface area (Å²) in [5.74, 6) is 6.92. The van der Waals surface area contributed by atoms with Gasteiger partial charge in [0, 0.05) is 18.6 Å². The van der Waals surface area contributed by atoms with E-state index in [1.54, 1.807) is 0 Å². The molecule has 1 aliphatic carbocycles. The molecule has 0 heterocycles. The van der Waals surface area contributed by atoms with Gasteiger partial charge in [0.25, 0.3) is 0 Å². The highest BCUT2D eigenvalue weighted by atomic mass is 16.5. The Morgan fingerprint density at radius 2 is 1.86 bits per heavy atom. The summed E-state index contributed by atoms with van der Waals surface area (Å²) in [6.07, 6.45) is 0.781. The standard InChI is InChI=1S/C17H28O4/c1-11(2)6-5-7-12(3)8-9-13-10-14(18)17(21-4)16(20)15(13)19/h10-12,14-20H,5-7H2,1-4H3/t12?,14-,15-,16-,17-/m1/s1. The van der Waals surface area contributed by atoms with Crippen LogP contribution in [0.2, 0.25) is 0 Å². The average Bonchev–Trinajstić information content (AvgIpc) is 2.41. The highest BCUT2D eigenvalue weighted by molar-refractivity contribution is 5.37. The molecule has 1 aliphatic rings. The minimum atomic E-state index is -1.16. The van der Waals surface area contributed by atoms with Gasteiger partial charge >= 0.3 is 0 Å². The smallest absolute Gasteiger partial charge is 0.115 e. The topological polar surface area (TPSA) is 69.9 Å². The van der Waals surface area contributed by atoms with Gasteiger partial charge in [-0.25, -0.2) is 0 Å². The molecule has 0 amide bonds. The fraction of sp³-hybridized carbons (Fsp3) is 0.765. The highest BCUT2D eigenvalue weighted by Gasteiger charge is 2.37. The molecule has 3 N–H and O–H groups in total. The van der Waals surface area contributed by atoms with Crippen molar-refractivity contribution in [3.8, 4) is 11.8 Å². The summed E-state index contributed by atoms with van der Waals surface area (Å²) in [6, 6.07) is 0. The Morgan fingerprint density at radius 1 is 1.19 bits per heavy atom. The summed E-state index contributed by atoms with van der Waals surface area (Å²) in [7, 11) is 1.39. The third-order valence-corrected chi connectivity index (χ3v) is 3.82. The zero-order valence-electron chi connectivity index (χ0n) is 13.4. The predicted octanol–water partition coefficient (Wildman–Crippen LogP) is 1.49. The minimum Gasteiger partial charge on any atom is -0.387 e. The van der Waals surface area contributed by atoms with Crippen LogP contribution in [0.25, 0.3) is 0 Å². The molecular formula is C17H28O4. The fourth-order valence-corrected chi connectivity index (χ4v) is 2.45. The second-order valence-corrected chi connectivity index (χ2v) is 6.24. The van der Waals surface area contributed by atoms with Gasteiger partial charge in [-0.3, -0.25) is 0 Å². The van der Waals surface area contributed by atoms with Crippen LogP contribution in [0.1, 0.15) is 40.0 Å². The summed E-state index contributed by atoms with van der Waals surface area (Å²) < 4.78 is 4.98. The molecule has 4 nitrogen and oxygen atoms in total. The molecule has 0 spiro atoms. The maximum absolute atomic E-state index is 10.0. The first-order valence-corrected chi connectivity index (χ1v) is 7.67. The first-order valence-electron chi connectivity index (χ1n) is 7.67. The van der Waals surface area contributed by atoms with E-state index in [2.05, 4.69) is 25.7 Å². The van der Waals surface area contributed by atoms with E-state index in [1.807, 2.05) is 6.92 Å². The van der Waals surface area contributed by atoms with E-state index in [4.69, 9.17) is 4.74 Å². The molecule has 5 atom stereocenters. The summed E-state index contributed by atoms with van der Waals surface area (Å²) in [5, 5.41) is 29.8. The van der Waals surface area contributed by atoms with E-state index < -0.39 is 24.4 Å². The number of hydrogen-bond acceptors (Lipinski definition) is 4. The first-order chi connectivity index (χ1) is 9.86. The zero-order chi connectivity index (χ0) is 16.0. The van der Waals surface area contributed by atoms with E-state index >= 15 is 0 Å². The van der Waals surface area contributed by atoms with Gasteiger partial charge in [-0.2, -0.15) is 0 Å². The lowest BCUT2D eigenvalue weighted by Crippen LogP contribution is -2.49. The van der Waals surface area contributed by atoms with Crippen molar-refractivity contribution in [2.24, 2.45) is 11.8 Å². The molecule has 1 rings (SSSR count). The lowest BCUT2D eigenvalue weighted by atomic mass is 9.89. The van der Waals surface area contributed by atoms with Crippen molar-refractivity contribution in [3.05, 3.63) is 11.6 Å². The van der Waals surface area contributed by atoms with Gasteiger partial charge < -0.3 is 20.1 Å². The van der Waals surface area contributed by atoms with Crippen LogP contribution in [0, 0.1) is 23.7 Å². The molecule has 0 bridgehead atoms. The molecule has 21 heavy (non-hydrogen) atoms. The molecule has 1 unspecified atom stereocenters. The molecule has 0 aromatic heterocycles. The Hall–Kier alpha value is -0.860. The molecule has 0 saturated carbocycles. The van der Waals surface area contributed by atoms with Crippen LogP contribution in [0.5, 0.6) is 0 Å². The van der Waals surface area contributed by atoms with E-state index in [1.165, 1.54) is 19.6 Å². The van der Waals surface area contributed by atoms with E-state index in [9.17, 15) is 15.3 Å². The monoisotopic (exact) mass is 296 g/mol. The molecule has 0 aromatic rings. The van der Waals surface area contributed by atoms with Crippen molar-refractivity contribution in [1.82, 2.24) is 0 Å². The molecule has 0 saturated heterocycles. The van der Waals surface area contributed by atoms with Crippen molar-refractivity contribution in [2.45, 2.75) is 64.4 Å². The maximum Gasteiger partial charge on any atom is 0.115 e. The Balaban J connectivity index is 2.63. The summed E-state index contributed by atoms with van der Waals surface area (Å²) >= 11 is 0. The van der Waals surface area contributed by atoms with Crippen LogP contribution in [-0.4, -0.2) is 46.8 Å². The highest BCUT2D eigenvalue weighted by Crippen LogP contribution is 2.22. The molecule has 0 radical (unpaired) electrons. The van der Waals surface area contributed by atoms with Gasteiger partial charge in [0.1, 0.15) is 24.4 Å². The summed E-state index contributed by atoms with van der Waals surface area (Å²) in [6.45, 7) is 6.46. The number of methoxy groups -OCH3 is 1. The van der Waals surface area contributed by atoms with Crippen LogP contribution < -0.4 is 0 Å². The van der Waals surface area contributed by atoms with Gasteiger partial charge in [0.15, 0.2) is 0 Å². The number of hydrogen-bond donors (Lipinski definition) is 3. The normalized spacial score (nSPS) is 30.6. The van der Waals surface area contributed by atoms with Crippen LogP contribution in [0.3, 0.4) is 0 Å². The van der Waals surface area contributed by atoms with Gasteiger partial charge in [-0.1, -0.05) is 45.5 Å². The lowest BCUT2D eigenvalue weighted by molar-refractivity contribution is -0.108. The number of aliphatic hydroxyl groups is 3. The zero-order valence-corrected chi connectivity index (χ0v) is 13.4. The molecule has 0 fully saturated rings. The van der Waals surface area contributed by atoms with Gasteiger partial charge in [0.2, 0.25) is 0 Å². The van der Waals surface area contributed by atoms with E-state index in [0.29, 0.717) is 11.5 Å². The Morgan fingerprint density at radius 3 is 2.43 bits per heavy atom. The molecule has 0 aliphatic heterocycles. The van der Waals surface area contributed by atoms with Crippen LogP contribution in [0.15, 0.2) is 11.6 Å². The quantitative estimate of drug-likeness (QED) is 0.672. The largest absolute Gasteiger partial charge is 0.387 e. The molecule has 120 valence electrons. The Kier molecular flexibility index (Phi) is 7.41. The lowest BCUT2D eigenvalue weighted by Gasteiger charge is -2.32. The molecule has 0 aromatic carbocycles. The third kappa shape index (κ3) is 5.44. The Labute approximate surface area is 127 Å². The SMILES string of the molecule is CO[C@H]1[C@H](O)[C@H](O)C(C#CC(C)CCCC(C)C)=C[C@H]1O. The van der Waals surface area contributed by atoms with Gasteiger partial charge in [0.05, 0.1) is 0 Å². The second-order valence-electron chi connectivity index (χ2n) is 6.24. The minimum absolute atomic E-state index is 0.228. The first kappa shape index (κ1) is 18.2. The van der Waals surface area contributed by atoms with Crippen molar-refractivity contribution < 1.29 is 20.1 Å². The maximum atomic E-state index is 10.0. The average molecular weight is 296 g/mol. The number of ether oxygens (including phenoxy) is 1. The third-order valence-electron chi connectivity index (χ3n) is 3.82. The number of aliphatic hydroxyl groups excluding tert-OH is 3. The van der Waals surface area contributed by atoms with E-state index in [0.717, 1.165) is 12.8 Å². The predicted molar refractivity (Wildman–Crippen MR) is 82.5 cm³/mol. The van der Waals surface area contributed by atoms with Crippen LogP contribution in [0.4, 0.5) is 0 Å². The number of rotatable bonds is 5.